The molecule has 7 heteroatoms. The van der Waals surface area contributed by atoms with Crippen LogP contribution in [0.2, 0.25) is 0 Å². The highest BCUT2D eigenvalue weighted by Gasteiger charge is 2.32. The fourth-order valence-electron chi connectivity index (χ4n) is 4.32. The molecule has 172 valence electrons. The molecule has 0 bridgehead atoms. The first kappa shape index (κ1) is 21.8. The number of hydrogen-bond acceptors (Lipinski definition) is 4. The van der Waals surface area contributed by atoms with E-state index in [4.69, 9.17) is 0 Å². The third-order valence-corrected chi connectivity index (χ3v) is 6.37. The van der Waals surface area contributed by atoms with Gasteiger partial charge in [0.2, 0.25) is 11.8 Å². The van der Waals surface area contributed by atoms with Crippen molar-refractivity contribution in [1.29, 1.82) is 0 Å². The Kier molecular flexibility index (Phi) is 5.61. The van der Waals surface area contributed by atoms with Gasteiger partial charge in [-0.25, -0.2) is 0 Å². The lowest BCUT2D eigenvalue weighted by Crippen LogP contribution is -2.41. The van der Waals surface area contributed by atoms with E-state index in [1.54, 1.807) is 18.2 Å². The Morgan fingerprint density at radius 1 is 0.941 bits per heavy atom. The SMILES string of the molecule is Cc1ccc(NC(=O)C2CC2)cc1NC(=O)CCCN1C(=O)c2cccc3cccc(c23)C1=O. The van der Waals surface area contributed by atoms with E-state index in [9.17, 15) is 19.2 Å². The van der Waals surface area contributed by atoms with E-state index in [2.05, 4.69) is 10.6 Å². The number of carbonyl (C=O) groups is 4. The van der Waals surface area contributed by atoms with E-state index in [1.165, 1.54) is 4.90 Å². The molecule has 7 nitrogen and oxygen atoms in total. The number of aryl methyl sites for hydroxylation is 1. The van der Waals surface area contributed by atoms with Gasteiger partial charge in [-0.15, -0.1) is 0 Å². The Morgan fingerprint density at radius 2 is 1.62 bits per heavy atom. The van der Waals surface area contributed by atoms with Crippen LogP contribution in [0.4, 0.5) is 11.4 Å². The number of benzene rings is 3. The van der Waals surface area contributed by atoms with Crippen LogP contribution in [-0.2, 0) is 9.59 Å². The maximum Gasteiger partial charge on any atom is 0.261 e. The molecular weight excluding hydrogens is 430 g/mol. The Balaban J connectivity index is 1.21. The molecule has 34 heavy (non-hydrogen) atoms. The third kappa shape index (κ3) is 4.17. The molecule has 0 aromatic heterocycles. The van der Waals surface area contributed by atoms with Crippen LogP contribution < -0.4 is 10.6 Å². The maximum absolute atomic E-state index is 13.0. The van der Waals surface area contributed by atoms with E-state index >= 15 is 0 Å². The zero-order valence-electron chi connectivity index (χ0n) is 18.9. The van der Waals surface area contributed by atoms with Gasteiger partial charge in [0.1, 0.15) is 0 Å². The van der Waals surface area contributed by atoms with E-state index in [-0.39, 0.29) is 42.5 Å². The van der Waals surface area contributed by atoms with Crippen molar-refractivity contribution in [3.05, 3.63) is 71.3 Å². The molecule has 2 N–H and O–H groups in total. The van der Waals surface area contributed by atoms with Crippen molar-refractivity contribution in [3.63, 3.8) is 0 Å². The zero-order valence-corrected chi connectivity index (χ0v) is 18.9. The lowest BCUT2D eigenvalue weighted by Gasteiger charge is -2.27. The second-order valence-electron chi connectivity index (χ2n) is 8.92. The molecule has 0 radical (unpaired) electrons. The summed E-state index contributed by atoms with van der Waals surface area (Å²) in [6, 6.07) is 16.3. The fourth-order valence-corrected chi connectivity index (χ4v) is 4.32. The van der Waals surface area contributed by atoms with Crippen LogP contribution in [0, 0.1) is 12.8 Å². The van der Waals surface area contributed by atoms with E-state index in [0.29, 0.717) is 34.3 Å². The van der Waals surface area contributed by atoms with Gasteiger partial charge in [0.15, 0.2) is 0 Å². The van der Waals surface area contributed by atoms with Crippen molar-refractivity contribution in [3.8, 4) is 0 Å². The highest BCUT2D eigenvalue weighted by Crippen LogP contribution is 2.31. The van der Waals surface area contributed by atoms with Crippen LogP contribution in [-0.4, -0.2) is 35.1 Å². The number of nitrogens with one attached hydrogen (secondary N) is 2. The van der Waals surface area contributed by atoms with Crippen LogP contribution >= 0.6 is 0 Å². The minimum atomic E-state index is -0.329. The Hall–Kier alpha value is -4.00. The number of anilines is 2. The van der Waals surface area contributed by atoms with Gasteiger partial charge in [-0.3, -0.25) is 24.1 Å². The van der Waals surface area contributed by atoms with Crippen molar-refractivity contribution < 1.29 is 19.2 Å². The van der Waals surface area contributed by atoms with Crippen LogP contribution in [0.25, 0.3) is 10.8 Å². The average molecular weight is 456 g/mol. The molecule has 1 saturated carbocycles. The van der Waals surface area contributed by atoms with Crippen molar-refractivity contribution in [1.82, 2.24) is 4.90 Å². The van der Waals surface area contributed by atoms with Gasteiger partial charge in [0.05, 0.1) is 0 Å². The highest BCUT2D eigenvalue weighted by atomic mass is 16.2. The second-order valence-corrected chi connectivity index (χ2v) is 8.92. The molecule has 3 aromatic rings. The molecule has 0 atom stereocenters. The summed E-state index contributed by atoms with van der Waals surface area (Å²) in [7, 11) is 0. The number of amides is 4. The third-order valence-electron chi connectivity index (χ3n) is 6.37. The lowest BCUT2D eigenvalue weighted by molar-refractivity contribution is -0.117. The predicted octanol–water partition coefficient (Wildman–Crippen LogP) is 4.51. The first-order valence-corrected chi connectivity index (χ1v) is 11.5. The van der Waals surface area contributed by atoms with Crippen molar-refractivity contribution in [2.45, 2.75) is 32.6 Å². The monoisotopic (exact) mass is 455 g/mol. The van der Waals surface area contributed by atoms with Gasteiger partial charge in [-0.1, -0.05) is 30.3 Å². The summed E-state index contributed by atoms with van der Waals surface area (Å²) in [4.78, 5) is 51.8. The van der Waals surface area contributed by atoms with Gasteiger partial charge in [0, 0.05) is 46.8 Å². The van der Waals surface area contributed by atoms with Gasteiger partial charge in [0.25, 0.3) is 11.8 Å². The van der Waals surface area contributed by atoms with E-state index in [1.807, 2.05) is 43.3 Å². The van der Waals surface area contributed by atoms with Crippen molar-refractivity contribution in [2.24, 2.45) is 5.92 Å². The first-order chi connectivity index (χ1) is 16.4. The summed E-state index contributed by atoms with van der Waals surface area (Å²) in [5, 5.41) is 7.32. The van der Waals surface area contributed by atoms with Gasteiger partial charge < -0.3 is 10.6 Å². The molecule has 1 heterocycles. The molecule has 2 aliphatic rings. The normalized spacial score (nSPS) is 14.9. The minimum absolute atomic E-state index is 0.00857. The van der Waals surface area contributed by atoms with Crippen LogP contribution in [0.3, 0.4) is 0 Å². The Labute approximate surface area is 197 Å². The van der Waals surface area contributed by atoms with Crippen molar-refractivity contribution in [2.75, 3.05) is 17.2 Å². The molecule has 0 unspecified atom stereocenters. The van der Waals surface area contributed by atoms with Crippen molar-refractivity contribution >= 4 is 45.8 Å². The topological polar surface area (TPSA) is 95.6 Å². The molecule has 0 saturated heterocycles. The Bertz CT molecular complexity index is 1290. The number of rotatable bonds is 7. The summed E-state index contributed by atoms with van der Waals surface area (Å²) >= 11 is 0. The number of nitrogens with zero attached hydrogens (tertiary/aromatic N) is 1. The first-order valence-electron chi connectivity index (χ1n) is 11.5. The molecular formula is C27H25N3O4. The summed E-state index contributed by atoms with van der Waals surface area (Å²) in [6.45, 7) is 2.04. The van der Waals surface area contributed by atoms with Crippen LogP contribution in [0.15, 0.2) is 54.6 Å². The molecule has 4 amide bonds. The molecule has 3 aromatic carbocycles. The van der Waals surface area contributed by atoms with E-state index in [0.717, 1.165) is 23.8 Å². The summed E-state index contributed by atoms with van der Waals surface area (Å²) < 4.78 is 0. The van der Waals surface area contributed by atoms with Gasteiger partial charge in [-0.2, -0.15) is 0 Å². The summed E-state index contributed by atoms with van der Waals surface area (Å²) in [6.07, 6.45) is 2.34. The standard InChI is InChI=1S/C27H25N3O4/c1-16-10-13-19(28-25(32)18-11-12-18)15-22(16)29-23(31)9-4-14-30-26(33)20-7-2-5-17-6-3-8-21(24(17)20)27(30)34/h2-3,5-8,10,13,15,18H,4,9,11-12,14H2,1H3,(H,28,32)(H,29,31). The number of hydrogen-bond donors (Lipinski definition) is 2. The summed E-state index contributed by atoms with van der Waals surface area (Å²) in [5.74, 6) is -0.768. The highest BCUT2D eigenvalue weighted by molar-refractivity contribution is 6.25. The van der Waals surface area contributed by atoms with Gasteiger partial charge in [-0.05, 0) is 61.4 Å². The number of imide groups is 1. The lowest BCUT2D eigenvalue weighted by atomic mass is 9.94. The van der Waals surface area contributed by atoms with E-state index < -0.39 is 0 Å². The Morgan fingerprint density at radius 3 is 2.26 bits per heavy atom. The zero-order chi connectivity index (χ0) is 23.8. The van der Waals surface area contributed by atoms with Crippen LogP contribution in [0.1, 0.15) is 52.0 Å². The molecule has 1 fully saturated rings. The van der Waals surface area contributed by atoms with Crippen LogP contribution in [0.5, 0.6) is 0 Å². The number of carbonyl (C=O) groups excluding carboxylic acids is 4. The predicted molar refractivity (Wildman–Crippen MR) is 130 cm³/mol. The average Bonchev–Trinajstić information content (AvgIpc) is 3.67. The van der Waals surface area contributed by atoms with Gasteiger partial charge >= 0.3 is 0 Å². The maximum atomic E-state index is 13.0. The minimum Gasteiger partial charge on any atom is -0.326 e. The molecule has 0 spiro atoms. The fraction of sp³-hybridized carbons (Fsp3) is 0.259. The second kappa shape index (κ2) is 8.74. The largest absolute Gasteiger partial charge is 0.326 e. The summed E-state index contributed by atoms with van der Waals surface area (Å²) in [5.41, 5.74) is 3.18. The smallest absolute Gasteiger partial charge is 0.261 e. The molecule has 1 aliphatic heterocycles. The quantitative estimate of drug-likeness (QED) is 0.513. The molecule has 5 rings (SSSR count). The molecule has 1 aliphatic carbocycles.